The van der Waals surface area contributed by atoms with Gasteiger partial charge in [-0.15, -0.1) is 0 Å². The van der Waals surface area contributed by atoms with E-state index in [0.717, 1.165) is 36.1 Å². The molecule has 6 heteroatoms. The van der Waals surface area contributed by atoms with E-state index in [4.69, 9.17) is 0 Å². The average molecular weight is 378 g/mol. The molecule has 0 aliphatic carbocycles. The Labute approximate surface area is 164 Å². The third-order valence-corrected chi connectivity index (χ3v) is 5.36. The first kappa shape index (κ1) is 18.7. The number of para-hydroxylation sites is 1. The third kappa shape index (κ3) is 4.40. The number of aromatic amines is 1. The SMILES string of the molecule is O=C(CCc1[nH]nc2ccccc12)NC[C@H](O)CN1CCc2ccccc2C1. The molecular weight excluding hydrogens is 352 g/mol. The fourth-order valence-corrected chi connectivity index (χ4v) is 3.84. The highest BCUT2D eigenvalue weighted by molar-refractivity contribution is 5.82. The molecule has 0 unspecified atom stereocenters. The van der Waals surface area contributed by atoms with Gasteiger partial charge in [0.05, 0.1) is 11.6 Å². The minimum atomic E-state index is -0.567. The van der Waals surface area contributed by atoms with Gasteiger partial charge in [-0.05, 0) is 30.0 Å². The predicted molar refractivity (Wildman–Crippen MR) is 109 cm³/mol. The maximum absolute atomic E-state index is 12.2. The first-order valence-corrected chi connectivity index (χ1v) is 9.85. The summed E-state index contributed by atoms with van der Waals surface area (Å²) < 4.78 is 0. The Balaban J connectivity index is 1.20. The van der Waals surface area contributed by atoms with Gasteiger partial charge in [0, 0.05) is 43.7 Å². The summed E-state index contributed by atoms with van der Waals surface area (Å²) in [5, 5.41) is 21.5. The van der Waals surface area contributed by atoms with Crippen molar-refractivity contribution in [2.45, 2.75) is 31.9 Å². The van der Waals surface area contributed by atoms with Crippen LogP contribution in [-0.4, -0.2) is 51.8 Å². The van der Waals surface area contributed by atoms with Crippen LogP contribution in [-0.2, 0) is 24.2 Å². The van der Waals surface area contributed by atoms with Gasteiger partial charge < -0.3 is 10.4 Å². The highest BCUT2D eigenvalue weighted by Crippen LogP contribution is 2.18. The molecule has 0 saturated heterocycles. The van der Waals surface area contributed by atoms with Gasteiger partial charge in [0.15, 0.2) is 0 Å². The van der Waals surface area contributed by atoms with Crippen LogP contribution in [0.5, 0.6) is 0 Å². The van der Waals surface area contributed by atoms with Crippen LogP contribution in [0, 0.1) is 0 Å². The summed E-state index contributed by atoms with van der Waals surface area (Å²) in [5.41, 5.74) is 4.61. The smallest absolute Gasteiger partial charge is 0.220 e. The van der Waals surface area contributed by atoms with E-state index in [1.807, 2.05) is 24.3 Å². The molecule has 0 bridgehead atoms. The molecule has 1 atom stereocenters. The molecule has 2 heterocycles. The van der Waals surface area contributed by atoms with Crippen molar-refractivity contribution in [3.63, 3.8) is 0 Å². The monoisotopic (exact) mass is 378 g/mol. The highest BCUT2D eigenvalue weighted by Gasteiger charge is 2.18. The topological polar surface area (TPSA) is 81.2 Å². The van der Waals surface area contributed by atoms with Gasteiger partial charge in [-0.2, -0.15) is 5.10 Å². The summed E-state index contributed by atoms with van der Waals surface area (Å²) in [5.74, 6) is -0.0540. The average Bonchev–Trinajstić information content (AvgIpc) is 3.14. The minimum Gasteiger partial charge on any atom is -0.390 e. The Morgan fingerprint density at radius 3 is 2.86 bits per heavy atom. The van der Waals surface area contributed by atoms with E-state index < -0.39 is 6.10 Å². The number of nitrogens with one attached hydrogen (secondary N) is 2. The molecule has 0 fully saturated rings. The zero-order chi connectivity index (χ0) is 19.3. The number of hydrogen-bond acceptors (Lipinski definition) is 4. The van der Waals surface area contributed by atoms with Crippen LogP contribution in [0.2, 0.25) is 0 Å². The van der Waals surface area contributed by atoms with E-state index in [1.165, 1.54) is 11.1 Å². The van der Waals surface area contributed by atoms with Gasteiger partial charge >= 0.3 is 0 Å². The number of carbonyl (C=O) groups is 1. The summed E-state index contributed by atoms with van der Waals surface area (Å²) >= 11 is 0. The molecule has 1 aliphatic heterocycles. The van der Waals surface area contributed by atoms with Crippen molar-refractivity contribution in [1.29, 1.82) is 0 Å². The van der Waals surface area contributed by atoms with E-state index in [0.29, 0.717) is 19.4 Å². The number of hydrogen-bond donors (Lipinski definition) is 3. The first-order chi connectivity index (χ1) is 13.7. The minimum absolute atomic E-state index is 0.0540. The van der Waals surface area contributed by atoms with E-state index in [2.05, 4.69) is 44.7 Å². The Bertz CT molecular complexity index is 952. The van der Waals surface area contributed by atoms with Crippen molar-refractivity contribution < 1.29 is 9.90 Å². The molecule has 28 heavy (non-hydrogen) atoms. The van der Waals surface area contributed by atoms with Gasteiger partial charge in [0.25, 0.3) is 0 Å². The second-order valence-electron chi connectivity index (χ2n) is 7.43. The summed E-state index contributed by atoms with van der Waals surface area (Å²) in [7, 11) is 0. The number of aryl methyl sites for hydroxylation is 1. The quantitative estimate of drug-likeness (QED) is 0.588. The summed E-state index contributed by atoms with van der Waals surface area (Å²) in [6, 6.07) is 16.3. The van der Waals surface area contributed by atoms with Crippen LogP contribution in [0.25, 0.3) is 10.9 Å². The number of nitrogens with zero attached hydrogens (tertiary/aromatic N) is 2. The number of fused-ring (bicyclic) bond motifs is 2. The van der Waals surface area contributed by atoms with Gasteiger partial charge in [-0.3, -0.25) is 14.8 Å². The maximum Gasteiger partial charge on any atom is 0.220 e. The van der Waals surface area contributed by atoms with Crippen molar-refractivity contribution in [3.05, 3.63) is 65.4 Å². The summed E-state index contributed by atoms with van der Waals surface area (Å²) in [4.78, 5) is 14.4. The van der Waals surface area contributed by atoms with Crippen molar-refractivity contribution >= 4 is 16.8 Å². The molecule has 3 aromatic rings. The number of aliphatic hydroxyl groups excluding tert-OH is 1. The fraction of sp³-hybridized carbons (Fsp3) is 0.364. The van der Waals surface area contributed by atoms with Crippen LogP contribution in [0.15, 0.2) is 48.5 Å². The second-order valence-corrected chi connectivity index (χ2v) is 7.43. The Kier molecular flexibility index (Phi) is 5.69. The van der Waals surface area contributed by atoms with Gasteiger partial charge in [-0.1, -0.05) is 42.5 Å². The molecule has 1 amide bonds. The number of aromatic nitrogens is 2. The standard InChI is InChI=1S/C22H26N4O2/c27-18(15-26-12-11-16-5-1-2-6-17(16)14-26)13-23-22(28)10-9-21-19-7-3-4-8-20(19)24-25-21/h1-8,18,27H,9-15H2,(H,23,28)(H,24,25)/t18-/m0/s1. The van der Waals surface area contributed by atoms with E-state index in [1.54, 1.807) is 0 Å². The Morgan fingerprint density at radius 2 is 1.96 bits per heavy atom. The van der Waals surface area contributed by atoms with Crippen molar-refractivity contribution in [1.82, 2.24) is 20.4 Å². The van der Waals surface area contributed by atoms with Crippen molar-refractivity contribution in [2.24, 2.45) is 0 Å². The number of benzene rings is 2. The number of carbonyl (C=O) groups excluding carboxylic acids is 1. The molecule has 1 aromatic heterocycles. The molecule has 4 rings (SSSR count). The third-order valence-electron chi connectivity index (χ3n) is 5.36. The summed E-state index contributed by atoms with van der Waals surface area (Å²) in [6.07, 6.45) is 1.41. The zero-order valence-electron chi connectivity index (χ0n) is 15.9. The lowest BCUT2D eigenvalue weighted by Gasteiger charge is -2.30. The van der Waals surface area contributed by atoms with Gasteiger partial charge in [0.1, 0.15) is 0 Å². The number of aliphatic hydroxyl groups is 1. The Morgan fingerprint density at radius 1 is 1.18 bits per heavy atom. The number of rotatable bonds is 7. The lowest BCUT2D eigenvalue weighted by atomic mass is 10.00. The lowest BCUT2D eigenvalue weighted by molar-refractivity contribution is -0.121. The predicted octanol–water partition coefficient (Wildman–Crippen LogP) is 2.03. The van der Waals surface area contributed by atoms with Gasteiger partial charge in [0.2, 0.25) is 5.91 Å². The zero-order valence-corrected chi connectivity index (χ0v) is 15.9. The Hall–Kier alpha value is -2.70. The molecule has 0 saturated carbocycles. The van der Waals surface area contributed by atoms with Crippen LogP contribution in [0.3, 0.4) is 0 Å². The lowest BCUT2D eigenvalue weighted by Crippen LogP contribution is -2.42. The van der Waals surface area contributed by atoms with E-state index >= 15 is 0 Å². The van der Waals surface area contributed by atoms with E-state index in [9.17, 15) is 9.90 Å². The molecule has 1 aliphatic rings. The van der Waals surface area contributed by atoms with Crippen LogP contribution < -0.4 is 5.32 Å². The van der Waals surface area contributed by atoms with Gasteiger partial charge in [-0.25, -0.2) is 0 Å². The van der Waals surface area contributed by atoms with Crippen LogP contribution >= 0.6 is 0 Å². The molecule has 0 radical (unpaired) electrons. The maximum atomic E-state index is 12.2. The molecule has 3 N–H and O–H groups in total. The molecule has 2 aromatic carbocycles. The largest absolute Gasteiger partial charge is 0.390 e. The molecule has 0 spiro atoms. The van der Waals surface area contributed by atoms with E-state index in [-0.39, 0.29) is 12.5 Å². The normalized spacial score (nSPS) is 15.3. The number of β-amino-alcohol motifs (C(OH)–C–C–N with tert-alkyl or cyclic N) is 1. The van der Waals surface area contributed by atoms with Crippen LogP contribution in [0.4, 0.5) is 0 Å². The molecule has 146 valence electrons. The molecular formula is C22H26N4O2. The second kappa shape index (κ2) is 8.54. The first-order valence-electron chi connectivity index (χ1n) is 9.85. The summed E-state index contributed by atoms with van der Waals surface area (Å²) in [6.45, 7) is 2.64. The van der Waals surface area contributed by atoms with Crippen molar-refractivity contribution in [3.8, 4) is 0 Å². The number of H-pyrrole nitrogens is 1. The highest BCUT2D eigenvalue weighted by atomic mass is 16.3. The fourth-order valence-electron chi connectivity index (χ4n) is 3.84. The van der Waals surface area contributed by atoms with Crippen molar-refractivity contribution in [2.75, 3.05) is 19.6 Å². The van der Waals surface area contributed by atoms with Crippen LogP contribution in [0.1, 0.15) is 23.2 Å². The molecule has 6 nitrogen and oxygen atoms in total. The number of amides is 1.